The van der Waals surface area contributed by atoms with Crippen LogP contribution in [-0.2, 0) is 18.4 Å². The van der Waals surface area contributed by atoms with Gasteiger partial charge in [-0.05, 0) is 89.9 Å². The average molecular weight is 952 g/mol. The molecule has 0 fully saturated rings. The smallest absolute Gasteiger partial charge is 0.391 e. The van der Waals surface area contributed by atoms with Crippen LogP contribution in [0.1, 0.15) is 187 Å². The molecule has 0 aromatic rings. The lowest BCUT2D eigenvalue weighted by atomic mass is 10.0. The molecule has 0 saturated carbocycles. The number of hydrogen-bond acceptors (Lipinski definition) is 5. The van der Waals surface area contributed by atoms with Crippen LogP contribution in [0.5, 0.6) is 0 Å². The summed E-state index contributed by atoms with van der Waals surface area (Å²) in [5.41, 5.74) is 0. The monoisotopic (exact) mass is 952 g/mol. The van der Waals surface area contributed by atoms with Crippen molar-refractivity contribution in [1.29, 1.82) is 0 Å². The Morgan fingerprint density at radius 1 is 0.522 bits per heavy atom. The van der Waals surface area contributed by atoms with E-state index in [4.69, 9.17) is 9.05 Å². The molecule has 9 heteroatoms. The SMILES string of the molecule is CC/C=C\C/C=C\C/C=C\C/C=C\C/C=C\C/C=C\C/C=C\C/C=C\C/C=C\C/C=C\CCCCCCC(=O)NC(COP(=O)(O)OCC[N+](C)(C)C)C(O)CCCCCCCCCCCC. The molecule has 0 rings (SSSR count). The third kappa shape index (κ3) is 50.6. The number of allylic oxidation sites excluding steroid dienone is 20. The predicted molar refractivity (Wildman–Crippen MR) is 290 cm³/mol. The number of likely N-dealkylation sites (N-methyl/N-ethyl adjacent to an activating group) is 1. The van der Waals surface area contributed by atoms with E-state index in [0.29, 0.717) is 23.9 Å². The number of nitrogens with one attached hydrogen (secondary N) is 1. The zero-order valence-electron chi connectivity index (χ0n) is 43.3. The Morgan fingerprint density at radius 3 is 1.31 bits per heavy atom. The van der Waals surface area contributed by atoms with E-state index in [1.807, 2.05) is 21.1 Å². The van der Waals surface area contributed by atoms with Crippen LogP contribution in [0.4, 0.5) is 0 Å². The van der Waals surface area contributed by atoms with Crippen LogP contribution < -0.4 is 5.32 Å². The van der Waals surface area contributed by atoms with Crippen LogP contribution in [0.3, 0.4) is 0 Å². The number of phosphoric acid groups is 1. The molecule has 3 atom stereocenters. The van der Waals surface area contributed by atoms with Crippen molar-refractivity contribution in [3.05, 3.63) is 122 Å². The minimum Gasteiger partial charge on any atom is -0.391 e. The fourth-order valence-corrected chi connectivity index (χ4v) is 7.57. The summed E-state index contributed by atoms with van der Waals surface area (Å²) >= 11 is 0. The van der Waals surface area contributed by atoms with Gasteiger partial charge in [-0.25, -0.2) is 4.57 Å². The van der Waals surface area contributed by atoms with Crippen LogP contribution in [0.15, 0.2) is 122 Å². The number of aliphatic hydroxyl groups excluding tert-OH is 1. The fourth-order valence-electron chi connectivity index (χ4n) is 6.84. The van der Waals surface area contributed by atoms with Gasteiger partial charge in [-0.3, -0.25) is 13.8 Å². The molecule has 0 saturated heterocycles. The predicted octanol–water partition coefficient (Wildman–Crippen LogP) is 15.8. The van der Waals surface area contributed by atoms with E-state index in [1.54, 1.807) is 0 Å². The largest absolute Gasteiger partial charge is 0.472 e. The second-order valence-corrected chi connectivity index (χ2v) is 20.0. The molecule has 1 amide bonds. The van der Waals surface area contributed by atoms with Gasteiger partial charge in [0.25, 0.3) is 0 Å². The highest BCUT2D eigenvalue weighted by molar-refractivity contribution is 7.47. The summed E-state index contributed by atoms with van der Waals surface area (Å²) in [5, 5.41) is 13.9. The molecule has 0 bridgehead atoms. The number of hydrogen-bond donors (Lipinski definition) is 3. The van der Waals surface area contributed by atoms with Gasteiger partial charge in [0.1, 0.15) is 13.2 Å². The van der Waals surface area contributed by atoms with Crippen molar-refractivity contribution < 1.29 is 32.9 Å². The molecule has 0 aromatic heterocycles. The Kier molecular flexibility index (Phi) is 45.7. The second-order valence-electron chi connectivity index (χ2n) is 18.5. The number of aliphatic hydroxyl groups is 1. The van der Waals surface area contributed by atoms with Crippen LogP contribution >= 0.6 is 7.82 Å². The zero-order valence-corrected chi connectivity index (χ0v) is 44.2. The lowest BCUT2D eigenvalue weighted by Gasteiger charge is -2.26. The topological polar surface area (TPSA) is 105 Å². The highest BCUT2D eigenvalue weighted by Crippen LogP contribution is 2.43. The van der Waals surface area contributed by atoms with Crippen molar-refractivity contribution in [2.45, 2.75) is 199 Å². The lowest BCUT2D eigenvalue weighted by molar-refractivity contribution is -0.870. The summed E-state index contributed by atoms with van der Waals surface area (Å²) in [6, 6.07) is -0.781. The molecular formula is C58H100N2O6P+. The van der Waals surface area contributed by atoms with E-state index >= 15 is 0 Å². The van der Waals surface area contributed by atoms with E-state index in [-0.39, 0.29) is 19.1 Å². The Balaban J connectivity index is 4.19. The fraction of sp³-hybridized carbons (Fsp3) is 0.638. The van der Waals surface area contributed by atoms with Crippen molar-refractivity contribution in [1.82, 2.24) is 5.32 Å². The van der Waals surface area contributed by atoms with Crippen molar-refractivity contribution in [3.63, 3.8) is 0 Å². The van der Waals surface area contributed by atoms with Gasteiger partial charge in [0.2, 0.25) is 5.91 Å². The first kappa shape index (κ1) is 63.9. The van der Waals surface area contributed by atoms with Crippen molar-refractivity contribution in [2.24, 2.45) is 0 Å². The minimum atomic E-state index is -4.33. The van der Waals surface area contributed by atoms with Crippen LogP contribution in [0.2, 0.25) is 0 Å². The third-order valence-electron chi connectivity index (χ3n) is 11.0. The second kappa shape index (κ2) is 47.9. The maximum absolute atomic E-state index is 12.9. The quantitative estimate of drug-likeness (QED) is 0.0243. The highest BCUT2D eigenvalue weighted by Gasteiger charge is 2.28. The van der Waals surface area contributed by atoms with Gasteiger partial charge >= 0.3 is 7.82 Å². The number of phosphoric ester groups is 1. The van der Waals surface area contributed by atoms with Gasteiger partial charge in [-0.2, -0.15) is 0 Å². The molecular weight excluding hydrogens is 852 g/mol. The van der Waals surface area contributed by atoms with E-state index in [9.17, 15) is 19.4 Å². The van der Waals surface area contributed by atoms with E-state index in [0.717, 1.165) is 116 Å². The van der Waals surface area contributed by atoms with Crippen molar-refractivity contribution in [2.75, 3.05) is 40.9 Å². The first-order chi connectivity index (χ1) is 32.5. The van der Waals surface area contributed by atoms with Crippen LogP contribution in [-0.4, -0.2) is 73.4 Å². The first-order valence-electron chi connectivity index (χ1n) is 26.4. The number of amides is 1. The van der Waals surface area contributed by atoms with E-state index in [2.05, 4.69) is 141 Å². The molecule has 382 valence electrons. The first-order valence-corrected chi connectivity index (χ1v) is 27.9. The van der Waals surface area contributed by atoms with Crippen molar-refractivity contribution >= 4 is 13.7 Å². The molecule has 0 heterocycles. The summed E-state index contributed by atoms with van der Waals surface area (Å²) < 4.78 is 23.6. The van der Waals surface area contributed by atoms with Crippen molar-refractivity contribution in [3.8, 4) is 0 Å². The molecule has 8 nitrogen and oxygen atoms in total. The Labute approximate surface area is 412 Å². The number of nitrogens with zero attached hydrogens (tertiary/aromatic N) is 1. The molecule has 0 aliphatic rings. The molecule has 67 heavy (non-hydrogen) atoms. The summed E-state index contributed by atoms with van der Waals surface area (Å²) in [6.45, 7) is 4.71. The van der Waals surface area contributed by atoms with Gasteiger partial charge in [0, 0.05) is 6.42 Å². The molecule has 0 radical (unpaired) electrons. The number of quaternary nitrogens is 1. The third-order valence-corrected chi connectivity index (χ3v) is 12.0. The number of rotatable bonds is 46. The van der Waals surface area contributed by atoms with Gasteiger partial charge in [-0.15, -0.1) is 0 Å². The molecule has 0 aliphatic carbocycles. The summed E-state index contributed by atoms with van der Waals surface area (Å²) in [5.74, 6) is -0.177. The maximum Gasteiger partial charge on any atom is 0.472 e. The summed E-state index contributed by atoms with van der Waals surface area (Å²) in [4.78, 5) is 23.2. The summed E-state index contributed by atoms with van der Waals surface area (Å²) in [7, 11) is 1.58. The molecule has 3 N–H and O–H groups in total. The van der Waals surface area contributed by atoms with Gasteiger partial charge < -0.3 is 19.8 Å². The number of carbonyl (C=O) groups excluding carboxylic acids is 1. The van der Waals surface area contributed by atoms with Gasteiger partial charge in [-0.1, -0.05) is 212 Å². The Morgan fingerprint density at radius 2 is 0.896 bits per heavy atom. The molecule has 0 aromatic carbocycles. The number of carbonyl (C=O) groups is 1. The van der Waals surface area contributed by atoms with Crippen LogP contribution in [0.25, 0.3) is 0 Å². The maximum atomic E-state index is 12.9. The molecule has 3 unspecified atom stereocenters. The van der Waals surface area contributed by atoms with E-state index in [1.165, 1.54) is 44.9 Å². The zero-order chi connectivity index (χ0) is 49.2. The van der Waals surface area contributed by atoms with Gasteiger partial charge in [0.15, 0.2) is 0 Å². The normalized spacial score (nSPS) is 15.0. The highest BCUT2D eigenvalue weighted by atomic mass is 31.2. The minimum absolute atomic E-state index is 0.0624. The van der Waals surface area contributed by atoms with Crippen LogP contribution in [0, 0.1) is 0 Å². The van der Waals surface area contributed by atoms with E-state index < -0.39 is 20.0 Å². The number of unbranched alkanes of at least 4 members (excludes halogenated alkanes) is 13. The lowest BCUT2D eigenvalue weighted by Crippen LogP contribution is -2.46. The average Bonchev–Trinajstić information content (AvgIpc) is 3.29. The summed E-state index contributed by atoms with van der Waals surface area (Å²) in [6.07, 6.45) is 71.1. The Bertz CT molecular complexity index is 1500. The van der Waals surface area contributed by atoms with Gasteiger partial charge in [0.05, 0.1) is 39.9 Å². The molecule has 0 aliphatic heterocycles. The Hall–Kier alpha value is -3.10. The standard InChI is InChI=1S/C58H99N2O6P/c1-6-8-10-12-14-16-18-19-20-21-22-23-24-25-26-27-28-29-30-31-32-33-34-35-36-37-38-39-40-41-42-44-46-48-50-52-58(62)59-56(55-66-67(63,64)65-54-53-60(3,4)5)57(61)51-49-47-45-43-17-15-13-11-9-7-2/h8,10,14,16,19-20,22-23,25-26,28-29,31-32,34-35,37-38,40-41,56-57,61H,6-7,9,11-13,15,17-18,21,24,27,30,33,36,39,42-55H2,1-5H3,(H-,59,62,63,64)/p+1/b10-8-,16-14-,20-19-,23-22-,26-25-,29-28-,32-31-,35-34-,38-37-,41-40-. The molecule has 0 spiro atoms.